The SMILES string of the molecule is FC(F)c1[c]cnn1-c1ccc(Cl)nc1Cl. The highest BCUT2D eigenvalue weighted by molar-refractivity contribution is 6.33. The average molecular weight is 263 g/mol. The van der Waals surface area contributed by atoms with E-state index in [1.54, 1.807) is 0 Å². The Morgan fingerprint density at radius 1 is 1.31 bits per heavy atom. The minimum atomic E-state index is -2.69. The standard InChI is InChI=1S/C9H4Cl2F2N3/c10-7-2-1-5(8(11)15-7)16-6(9(12)13)3-4-14-16/h1-2,4,9H. The number of alkyl halides is 2. The zero-order chi connectivity index (χ0) is 11.7. The monoisotopic (exact) mass is 262 g/mol. The zero-order valence-corrected chi connectivity index (χ0v) is 9.17. The summed E-state index contributed by atoms with van der Waals surface area (Å²) in [6.45, 7) is 0. The molecule has 0 aliphatic heterocycles. The third-order valence-corrected chi connectivity index (χ3v) is 2.33. The average Bonchev–Trinajstić information content (AvgIpc) is 2.66. The lowest BCUT2D eigenvalue weighted by Crippen LogP contribution is -2.04. The predicted octanol–water partition coefficient (Wildman–Crippen LogP) is 3.31. The van der Waals surface area contributed by atoms with Crippen LogP contribution in [-0.2, 0) is 0 Å². The van der Waals surface area contributed by atoms with Crippen LogP contribution >= 0.6 is 23.2 Å². The summed E-state index contributed by atoms with van der Waals surface area (Å²) >= 11 is 11.4. The number of aromatic nitrogens is 3. The van der Waals surface area contributed by atoms with E-state index in [0.717, 1.165) is 10.9 Å². The molecule has 0 amide bonds. The predicted molar refractivity (Wildman–Crippen MR) is 55.2 cm³/mol. The van der Waals surface area contributed by atoms with Gasteiger partial charge in [0.05, 0.1) is 6.20 Å². The minimum Gasteiger partial charge on any atom is -0.228 e. The van der Waals surface area contributed by atoms with Crippen molar-refractivity contribution in [2.45, 2.75) is 6.43 Å². The van der Waals surface area contributed by atoms with Crippen molar-refractivity contribution in [2.24, 2.45) is 0 Å². The highest BCUT2D eigenvalue weighted by Gasteiger charge is 2.17. The molecular formula is C9H4Cl2F2N3. The molecule has 2 heterocycles. The van der Waals surface area contributed by atoms with E-state index in [1.807, 2.05) is 0 Å². The molecule has 0 aromatic carbocycles. The minimum absolute atomic E-state index is 0.00602. The molecule has 2 aromatic rings. The van der Waals surface area contributed by atoms with E-state index in [2.05, 4.69) is 16.1 Å². The van der Waals surface area contributed by atoms with Crippen LogP contribution < -0.4 is 0 Å². The van der Waals surface area contributed by atoms with E-state index in [1.165, 1.54) is 12.1 Å². The number of nitrogens with zero attached hydrogens (tertiary/aromatic N) is 3. The van der Waals surface area contributed by atoms with Gasteiger partial charge in [0.15, 0.2) is 5.15 Å². The van der Waals surface area contributed by atoms with Crippen LogP contribution in [0.3, 0.4) is 0 Å². The summed E-state index contributed by atoms with van der Waals surface area (Å²) in [5, 5.41) is 3.90. The fourth-order valence-electron chi connectivity index (χ4n) is 1.19. The lowest BCUT2D eigenvalue weighted by Gasteiger charge is -2.07. The Balaban J connectivity index is 2.54. The van der Waals surface area contributed by atoms with Gasteiger partial charge in [-0.3, -0.25) is 0 Å². The van der Waals surface area contributed by atoms with Gasteiger partial charge < -0.3 is 0 Å². The van der Waals surface area contributed by atoms with Gasteiger partial charge >= 0.3 is 0 Å². The van der Waals surface area contributed by atoms with Gasteiger partial charge in [-0.05, 0) is 12.1 Å². The molecule has 3 nitrogen and oxygen atoms in total. The van der Waals surface area contributed by atoms with Gasteiger partial charge in [0.1, 0.15) is 16.5 Å². The highest BCUT2D eigenvalue weighted by Crippen LogP contribution is 2.25. The van der Waals surface area contributed by atoms with Gasteiger partial charge in [0, 0.05) is 6.07 Å². The second-order valence-corrected chi connectivity index (χ2v) is 3.58. The van der Waals surface area contributed by atoms with Crippen LogP contribution in [0.5, 0.6) is 0 Å². The molecule has 83 valence electrons. The second kappa shape index (κ2) is 4.35. The summed E-state index contributed by atoms with van der Waals surface area (Å²) < 4.78 is 26.1. The van der Waals surface area contributed by atoms with E-state index in [4.69, 9.17) is 23.2 Å². The maximum Gasteiger partial charge on any atom is 0.281 e. The van der Waals surface area contributed by atoms with Crippen molar-refractivity contribution < 1.29 is 8.78 Å². The Bertz CT molecular complexity index is 513. The van der Waals surface area contributed by atoms with E-state index in [0.29, 0.717) is 0 Å². The Hall–Kier alpha value is -1.20. The molecule has 0 aliphatic rings. The molecule has 0 spiro atoms. The van der Waals surface area contributed by atoms with Gasteiger partial charge in [-0.1, -0.05) is 23.2 Å². The van der Waals surface area contributed by atoms with Crippen LogP contribution in [0.1, 0.15) is 12.1 Å². The quantitative estimate of drug-likeness (QED) is 0.778. The van der Waals surface area contributed by atoms with Crippen molar-refractivity contribution in [3.63, 3.8) is 0 Å². The van der Waals surface area contributed by atoms with Gasteiger partial charge in [-0.15, -0.1) is 0 Å². The zero-order valence-electron chi connectivity index (χ0n) is 7.66. The topological polar surface area (TPSA) is 30.7 Å². The number of hydrogen-bond acceptors (Lipinski definition) is 2. The summed E-state index contributed by atoms with van der Waals surface area (Å²) in [6, 6.07) is 5.23. The summed E-state index contributed by atoms with van der Waals surface area (Å²) in [5.41, 5.74) is -0.131. The van der Waals surface area contributed by atoms with Crippen molar-refractivity contribution >= 4 is 23.2 Å². The number of rotatable bonds is 2. The first-order valence-electron chi connectivity index (χ1n) is 4.16. The molecule has 0 saturated heterocycles. The lowest BCUT2D eigenvalue weighted by atomic mass is 10.4. The maximum atomic E-state index is 12.6. The van der Waals surface area contributed by atoms with Crippen LogP contribution in [0.15, 0.2) is 18.3 Å². The summed E-state index contributed by atoms with van der Waals surface area (Å²) in [7, 11) is 0. The molecule has 7 heteroatoms. The number of pyridine rings is 1. The molecule has 0 aliphatic carbocycles. The van der Waals surface area contributed by atoms with Crippen molar-refractivity contribution in [3.05, 3.63) is 40.4 Å². The third-order valence-electron chi connectivity index (χ3n) is 1.84. The Morgan fingerprint density at radius 2 is 2.06 bits per heavy atom. The number of halogens is 4. The molecular weight excluding hydrogens is 259 g/mol. The molecule has 0 atom stereocenters. The van der Waals surface area contributed by atoms with E-state index < -0.39 is 6.43 Å². The molecule has 0 fully saturated rings. The normalized spacial score (nSPS) is 11.1. The fourth-order valence-corrected chi connectivity index (χ4v) is 1.61. The second-order valence-electron chi connectivity index (χ2n) is 2.83. The van der Waals surface area contributed by atoms with Crippen molar-refractivity contribution in [3.8, 4) is 5.69 Å². The van der Waals surface area contributed by atoms with Gasteiger partial charge in [-0.25, -0.2) is 18.4 Å². The molecule has 0 N–H and O–H groups in total. The Labute approximate surface area is 99.6 Å². The first-order chi connectivity index (χ1) is 7.59. The molecule has 0 unspecified atom stereocenters. The first-order valence-corrected chi connectivity index (χ1v) is 4.91. The van der Waals surface area contributed by atoms with Crippen molar-refractivity contribution in [1.29, 1.82) is 0 Å². The van der Waals surface area contributed by atoms with Crippen LogP contribution in [0.25, 0.3) is 5.69 Å². The van der Waals surface area contributed by atoms with Crippen LogP contribution in [0.2, 0.25) is 10.3 Å². The first kappa shape index (κ1) is 11.3. The molecule has 1 radical (unpaired) electrons. The summed E-state index contributed by atoms with van der Waals surface area (Å²) in [4.78, 5) is 3.74. The molecule has 16 heavy (non-hydrogen) atoms. The highest BCUT2D eigenvalue weighted by atomic mass is 35.5. The van der Waals surface area contributed by atoms with E-state index in [9.17, 15) is 8.78 Å². The largest absolute Gasteiger partial charge is 0.281 e. The number of hydrogen-bond donors (Lipinski definition) is 0. The fraction of sp³-hybridized carbons (Fsp3) is 0.111. The maximum absolute atomic E-state index is 12.6. The van der Waals surface area contributed by atoms with Gasteiger partial charge in [0.25, 0.3) is 6.43 Å². The van der Waals surface area contributed by atoms with Crippen LogP contribution in [0, 0.1) is 6.07 Å². The van der Waals surface area contributed by atoms with Crippen LogP contribution in [-0.4, -0.2) is 14.8 Å². The molecule has 2 rings (SSSR count). The Kier molecular flexibility index (Phi) is 3.07. The molecule has 0 saturated carbocycles. The van der Waals surface area contributed by atoms with Gasteiger partial charge in [-0.2, -0.15) is 5.10 Å². The van der Waals surface area contributed by atoms with E-state index in [-0.39, 0.29) is 21.7 Å². The Morgan fingerprint density at radius 3 is 2.69 bits per heavy atom. The summed E-state index contributed by atoms with van der Waals surface area (Å²) in [6.07, 6.45) is -1.54. The van der Waals surface area contributed by atoms with Crippen molar-refractivity contribution in [2.75, 3.05) is 0 Å². The molecule has 0 bridgehead atoms. The van der Waals surface area contributed by atoms with Crippen LogP contribution in [0.4, 0.5) is 8.78 Å². The summed E-state index contributed by atoms with van der Waals surface area (Å²) in [5.74, 6) is 0. The van der Waals surface area contributed by atoms with Gasteiger partial charge in [0.2, 0.25) is 0 Å². The lowest BCUT2D eigenvalue weighted by molar-refractivity contribution is 0.142. The smallest absolute Gasteiger partial charge is 0.228 e. The molecule has 2 aromatic heterocycles. The van der Waals surface area contributed by atoms with E-state index >= 15 is 0 Å². The van der Waals surface area contributed by atoms with Crippen molar-refractivity contribution in [1.82, 2.24) is 14.8 Å². The third kappa shape index (κ3) is 2.01.